The predicted molar refractivity (Wildman–Crippen MR) is 255 cm³/mol. The van der Waals surface area contributed by atoms with Crippen LogP contribution in [0.3, 0.4) is 0 Å². The molecule has 1 aliphatic heterocycles. The SMILES string of the molecule is C=C1/C=C\C=C/N(c2ccc(-c3ccc(C/C=C(\N)c4ccccc4)cc3)cc2)C2=C(/C=C\C1=C)c1c(c3ccccc3c3ccccc13)C2(C)C.Cc1ccccc1. The maximum atomic E-state index is 6.35. The first-order valence-electron chi connectivity index (χ1n) is 20.3. The van der Waals surface area contributed by atoms with Gasteiger partial charge in [-0.1, -0.05) is 209 Å². The third-order valence-corrected chi connectivity index (χ3v) is 11.5. The van der Waals surface area contributed by atoms with Crippen molar-refractivity contribution in [1.29, 1.82) is 0 Å². The number of allylic oxidation sites excluding steroid dienone is 10. The molecule has 0 atom stereocenters. The van der Waals surface area contributed by atoms with Gasteiger partial charge in [-0.15, -0.1) is 0 Å². The summed E-state index contributed by atoms with van der Waals surface area (Å²) >= 11 is 0. The predicted octanol–water partition coefficient (Wildman–Crippen LogP) is 14.5. The summed E-state index contributed by atoms with van der Waals surface area (Å²) in [6, 6.07) is 55.8. The molecule has 2 N–H and O–H groups in total. The van der Waals surface area contributed by atoms with Crippen molar-refractivity contribution in [3.63, 3.8) is 0 Å². The van der Waals surface area contributed by atoms with E-state index in [1.807, 2.05) is 54.6 Å². The first kappa shape index (κ1) is 38.7. The fraction of sp³-hybridized carbons (Fsp3) is 0.0877. The number of hydrogen-bond donors (Lipinski definition) is 1. The smallest absolute Gasteiger partial charge is 0.0453 e. The minimum Gasteiger partial charge on any atom is -0.398 e. The second-order valence-corrected chi connectivity index (χ2v) is 15.8. The summed E-state index contributed by atoms with van der Waals surface area (Å²) in [6.07, 6.45) is 15.6. The van der Waals surface area contributed by atoms with Gasteiger partial charge in [0.25, 0.3) is 0 Å². The van der Waals surface area contributed by atoms with Gasteiger partial charge in [-0.05, 0) is 97.6 Å². The van der Waals surface area contributed by atoms with Crippen LogP contribution in [0.5, 0.6) is 0 Å². The molecule has 7 aromatic carbocycles. The van der Waals surface area contributed by atoms with E-state index < -0.39 is 0 Å². The first-order valence-corrected chi connectivity index (χ1v) is 20.3. The van der Waals surface area contributed by atoms with E-state index in [2.05, 4.69) is 185 Å². The van der Waals surface area contributed by atoms with Crippen molar-refractivity contribution in [3.05, 3.63) is 258 Å². The normalized spacial score (nSPS) is 16.5. The quantitative estimate of drug-likeness (QED) is 0.177. The number of rotatable bonds is 5. The van der Waals surface area contributed by atoms with Crippen LogP contribution in [0.1, 0.15) is 41.7 Å². The number of fused-ring (bicyclic) bond motifs is 7. The van der Waals surface area contributed by atoms with Crippen LogP contribution < -0.4 is 10.6 Å². The van der Waals surface area contributed by atoms with Crippen molar-refractivity contribution in [1.82, 2.24) is 0 Å². The molecule has 59 heavy (non-hydrogen) atoms. The van der Waals surface area contributed by atoms with Gasteiger partial charge in [0.2, 0.25) is 0 Å². The molecule has 0 fully saturated rings. The molecule has 0 saturated heterocycles. The van der Waals surface area contributed by atoms with Gasteiger partial charge in [-0.3, -0.25) is 0 Å². The van der Waals surface area contributed by atoms with E-state index in [1.165, 1.54) is 66.2 Å². The van der Waals surface area contributed by atoms with Crippen molar-refractivity contribution in [2.45, 2.75) is 32.6 Å². The molecule has 0 aromatic heterocycles. The van der Waals surface area contributed by atoms with Gasteiger partial charge < -0.3 is 10.6 Å². The topological polar surface area (TPSA) is 29.3 Å². The van der Waals surface area contributed by atoms with Crippen LogP contribution >= 0.6 is 0 Å². The molecular formula is C57H50N2. The second kappa shape index (κ2) is 16.7. The number of hydrogen-bond acceptors (Lipinski definition) is 2. The Hall–Kier alpha value is -7.16. The average Bonchev–Trinajstić information content (AvgIpc) is 3.50. The molecule has 7 aromatic rings. The summed E-state index contributed by atoms with van der Waals surface area (Å²) in [4.78, 5) is 2.38. The molecule has 1 heterocycles. The van der Waals surface area contributed by atoms with E-state index in [1.54, 1.807) is 0 Å². The van der Waals surface area contributed by atoms with Crippen molar-refractivity contribution in [2.75, 3.05) is 4.90 Å². The van der Waals surface area contributed by atoms with Gasteiger partial charge in [0.15, 0.2) is 0 Å². The highest BCUT2D eigenvalue weighted by atomic mass is 15.1. The number of nitrogens with two attached hydrogens (primary N) is 1. The molecular weight excluding hydrogens is 713 g/mol. The Balaban J connectivity index is 0.000000628. The van der Waals surface area contributed by atoms with Gasteiger partial charge in [-0.2, -0.15) is 0 Å². The molecule has 288 valence electrons. The zero-order valence-electron chi connectivity index (χ0n) is 34.2. The maximum absolute atomic E-state index is 6.35. The lowest BCUT2D eigenvalue weighted by Gasteiger charge is -2.34. The Morgan fingerprint density at radius 2 is 1.14 bits per heavy atom. The second-order valence-electron chi connectivity index (χ2n) is 15.8. The number of anilines is 1. The molecule has 2 nitrogen and oxygen atoms in total. The highest BCUT2D eigenvalue weighted by Crippen LogP contribution is 2.54. The summed E-state index contributed by atoms with van der Waals surface area (Å²) in [5.41, 5.74) is 20.7. The van der Waals surface area contributed by atoms with E-state index in [0.717, 1.165) is 34.5 Å². The van der Waals surface area contributed by atoms with Crippen molar-refractivity contribution in [3.8, 4) is 11.1 Å². The van der Waals surface area contributed by atoms with E-state index in [-0.39, 0.29) is 5.41 Å². The van der Waals surface area contributed by atoms with Crippen LogP contribution in [0.4, 0.5) is 5.69 Å². The number of benzene rings is 7. The van der Waals surface area contributed by atoms with Crippen LogP contribution in [0.2, 0.25) is 0 Å². The zero-order valence-corrected chi connectivity index (χ0v) is 34.2. The summed E-state index contributed by atoms with van der Waals surface area (Å²) in [7, 11) is 0. The fourth-order valence-corrected chi connectivity index (χ4v) is 8.39. The molecule has 9 rings (SSSR count). The third-order valence-electron chi connectivity index (χ3n) is 11.5. The number of aryl methyl sites for hydroxylation is 1. The van der Waals surface area contributed by atoms with Gasteiger partial charge in [0.1, 0.15) is 0 Å². The molecule has 2 heteroatoms. The fourth-order valence-electron chi connectivity index (χ4n) is 8.39. The van der Waals surface area contributed by atoms with Gasteiger partial charge in [-0.25, -0.2) is 0 Å². The summed E-state index contributed by atoms with van der Waals surface area (Å²) in [5, 5.41) is 5.10. The largest absolute Gasteiger partial charge is 0.398 e. The van der Waals surface area contributed by atoms with Crippen LogP contribution in [0, 0.1) is 6.92 Å². The van der Waals surface area contributed by atoms with Crippen LogP contribution in [0.25, 0.3) is 43.9 Å². The van der Waals surface area contributed by atoms with Crippen LogP contribution in [-0.4, -0.2) is 0 Å². The summed E-state index contributed by atoms with van der Waals surface area (Å²) in [5.74, 6) is 0. The van der Waals surface area contributed by atoms with Gasteiger partial charge in [0.05, 0.1) is 0 Å². The Bertz CT molecular complexity index is 2830. The summed E-state index contributed by atoms with van der Waals surface area (Å²) < 4.78 is 0. The first-order chi connectivity index (χ1) is 28.7. The van der Waals surface area contributed by atoms with E-state index >= 15 is 0 Å². The number of nitrogens with zero attached hydrogens (tertiary/aromatic N) is 1. The minimum atomic E-state index is -0.327. The molecule has 0 saturated carbocycles. The zero-order chi connectivity index (χ0) is 40.9. The van der Waals surface area contributed by atoms with Crippen molar-refractivity contribution < 1.29 is 0 Å². The minimum absolute atomic E-state index is 0.327. The molecule has 0 amide bonds. The maximum Gasteiger partial charge on any atom is 0.0453 e. The molecule has 0 bridgehead atoms. The molecule has 1 aliphatic carbocycles. The van der Waals surface area contributed by atoms with E-state index in [4.69, 9.17) is 5.73 Å². The third kappa shape index (κ3) is 7.91. The lowest BCUT2D eigenvalue weighted by atomic mass is 9.79. The molecule has 0 radical (unpaired) electrons. The van der Waals surface area contributed by atoms with E-state index in [9.17, 15) is 0 Å². The van der Waals surface area contributed by atoms with Crippen molar-refractivity contribution >= 4 is 38.5 Å². The van der Waals surface area contributed by atoms with Crippen LogP contribution in [0.15, 0.2) is 230 Å². The standard InChI is InChI=1S/C50H42N2.C7H8/c1-34-14-12-13-33-52(40-29-27-38(28-30-40)37-25-22-36(23-26-37)24-32-46(51)39-15-6-5-7-16-39)49-45(31-21-35(34)2)47-43-19-10-8-17-41(43)42-18-9-11-20-44(42)48(47)50(49,3)4;1-7-5-3-2-4-6-7/h5-23,25-33H,1-2,24,51H2,3-4H3;2-6H,1H3/b14-12-,31-21-,33-13-,46-32-;. The monoisotopic (exact) mass is 762 g/mol. The van der Waals surface area contributed by atoms with Crippen LogP contribution in [-0.2, 0) is 11.8 Å². The summed E-state index contributed by atoms with van der Waals surface area (Å²) in [6.45, 7) is 15.5. The van der Waals surface area contributed by atoms with Crippen molar-refractivity contribution in [2.24, 2.45) is 5.73 Å². The van der Waals surface area contributed by atoms with E-state index in [0.29, 0.717) is 0 Å². The highest BCUT2D eigenvalue weighted by Gasteiger charge is 2.42. The van der Waals surface area contributed by atoms with Gasteiger partial charge >= 0.3 is 0 Å². The Morgan fingerprint density at radius 3 is 1.76 bits per heavy atom. The Morgan fingerprint density at radius 1 is 0.593 bits per heavy atom. The molecule has 2 aliphatic rings. The van der Waals surface area contributed by atoms with Gasteiger partial charge in [0, 0.05) is 34.3 Å². The highest BCUT2D eigenvalue weighted by molar-refractivity contribution is 6.17. The Labute approximate surface area is 349 Å². The molecule has 0 unspecified atom stereocenters. The average molecular weight is 763 g/mol. The lowest BCUT2D eigenvalue weighted by molar-refractivity contribution is 0.630. The lowest BCUT2D eigenvalue weighted by Crippen LogP contribution is -2.29. The Kier molecular flexibility index (Phi) is 11.0. The molecule has 0 spiro atoms.